The van der Waals surface area contributed by atoms with Crippen LogP contribution < -0.4 is 4.72 Å². The first kappa shape index (κ1) is 15.7. The van der Waals surface area contributed by atoms with Crippen LogP contribution in [0.4, 0.5) is 5.69 Å². The van der Waals surface area contributed by atoms with Gasteiger partial charge in [0.25, 0.3) is 10.0 Å². The summed E-state index contributed by atoms with van der Waals surface area (Å²) in [6, 6.07) is 1.45. The molecule has 8 nitrogen and oxygen atoms in total. The third-order valence-corrected chi connectivity index (χ3v) is 4.32. The number of nitrogens with one attached hydrogen (secondary N) is 1. The van der Waals surface area contributed by atoms with Crippen LogP contribution in [0.25, 0.3) is 0 Å². The fourth-order valence-corrected chi connectivity index (χ4v) is 2.95. The Bertz CT molecular complexity index is 792. The van der Waals surface area contributed by atoms with Gasteiger partial charge in [0.05, 0.1) is 11.9 Å². The van der Waals surface area contributed by atoms with Crippen molar-refractivity contribution in [2.75, 3.05) is 4.72 Å². The minimum Gasteiger partial charge on any atom is -0.480 e. The lowest BCUT2D eigenvalue weighted by molar-refractivity contribution is -0.137. The number of hydrogen-bond acceptors (Lipinski definition) is 5. The van der Waals surface area contributed by atoms with Crippen LogP contribution in [-0.4, -0.2) is 34.3 Å². The van der Waals surface area contributed by atoms with Gasteiger partial charge in [0.1, 0.15) is 11.4 Å². The van der Waals surface area contributed by atoms with Crippen molar-refractivity contribution in [1.29, 1.82) is 0 Å². The first-order chi connectivity index (χ1) is 9.78. The molecule has 0 unspecified atom stereocenters. The van der Waals surface area contributed by atoms with E-state index in [1.165, 1.54) is 12.3 Å². The molecule has 0 aliphatic heterocycles. The highest BCUT2D eigenvalue weighted by atomic mass is 79.9. The highest BCUT2D eigenvalue weighted by Gasteiger charge is 2.19. The Labute approximate surface area is 132 Å². The van der Waals surface area contributed by atoms with Crippen LogP contribution in [0, 0.1) is 0 Å². The SMILES string of the molecule is O=C(O)Cn1cc(S(=O)(=O)Nc2cc(Br)cnc2Cl)cn1. The van der Waals surface area contributed by atoms with E-state index < -0.39 is 22.5 Å². The van der Waals surface area contributed by atoms with Crippen molar-refractivity contribution in [3.8, 4) is 0 Å². The lowest BCUT2D eigenvalue weighted by Gasteiger charge is -2.07. The van der Waals surface area contributed by atoms with Crippen molar-refractivity contribution in [2.24, 2.45) is 0 Å². The van der Waals surface area contributed by atoms with Crippen LogP contribution in [0.3, 0.4) is 0 Å². The minimum absolute atomic E-state index is 0.0142. The van der Waals surface area contributed by atoms with Crippen LogP contribution in [-0.2, 0) is 21.4 Å². The zero-order chi connectivity index (χ0) is 15.6. The molecule has 0 atom stereocenters. The van der Waals surface area contributed by atoms with E-state index in [9.17, 15) is 13.2 Å². The van der Waals surface area contributed by atoms with E-state index in [1.807, 2.05) is 0 Å². The van der Waals surface area contributed by atoms with Gasteiger partial charge in [-0.15, -0.1) is 0 Å². The second-order valence-electron chi connectivity index (χ2n) is 3.86. The van der Waals surface area contributed by atoms with Crippen molar-refractivity contribution in [2.45, 2.75) is 11.4 Å². The van der Waals surface area contributed by atoms with Gasteiger partial charge >= 0.3 is 5.97 Å². The number of sulfonamides is 1. The number of hydrogen-bond donors (Lipinski definition) is 2. The quantitative estimate of drug-likeness (QED) is 0.743. The molecule has 112 valence electrons. The van der Waals surface area contributed by atoms with Crippen LogP contribution >= 0.6 is 27.5 Å². The molecular weight excluding hydrogens is 388 g/mol. The van der Waals surface area contributed by atoms with Crippen molar-refractivity contribution < 1.29 is 18.3 Å². The van der Waals surface area contributed by atoms with E-state index >= 15 is 0 Å². The number of rotatable bonds is 5. The van der Waals surface area contributed by atoms with Gasteiger partial charge in [-0.2, -0.15) is 5.10 Å². The van der Waals surface area contributed by atoms with E-state index in [1.54, 1.807) is 0 Å². The van der Waals surface area contributed by atoms with Crippen molar-refractivity contribution in [3.63, 3.8) is 0 Å². The number of anilines is 1. The largest absolute Gasteiger partial charge is 0.480 e. The summed E-state index contributed by atoms with van der Waals surface area (Å²) in [7, 11) is -3.94. The molecule has 0 fully saturated rings. The second-order valence-corrected chi connectivity index (χ2v) is 6.82. The Morgan fingerprint density at radius 2 is 2.19 bits per heavy atom. The normalized spacial score (nSPS) is 11.3. The van der Waals surface area contributed by atoms with Gasteiger partial charge in [-0.25, -0.2) is 13.4 Å². The zero-order valence-electron chi connectivity index (χ0n) is 10.2. The Hall–Kier alpha value is -1.65. The zero-order valence-corrected chi connectivity index (χ0v) is 13.4. The average molecular weight is 396 g/mol. The number of aliphatic carboxylic acids is 1. The van der Waals surface area contributed by atoms with Gasteiger partial charge in [0.15, 0.2) is 5.15 Å². The number of nitrogens with zero attached hydrogens (tertiary/aromatic N) is 3. The van der Waals surface area contributed by atoms with E-state index in [-0.39, 0.29) is 15.7 Å². The Morgan fingerprint density at radius 1 is 1.48 bits per heavy atom. The molecule has 2 heterocycles. The summed E-state index contributed by atoms with van der Waals surface area (Å²) >= 11 is 8.96. The van der Waals surface area contributed by atoms with Gasteiger partial charge in [-0.1, -0.05) is 11.6 Å². The van der Waals surface area contributed by atoms with Gasteiger partial charge in [-0.05, 0) is 22.0 Å². The second kappa shape index (κ2) is 6.00. The van der Waals surface area contributed by atoms with Crippen molar-refractivity contribution >= 4 is 49.2 Å². The Balaban J connectivity index is 2.28. The molecule has 0 radical (unpaired) electrons. The molecule has 0 aliphatic rings. The first-order valence-electron chi connectivity index (χ1n) is 5.36. The highest BCUT2D eigenvalue weighted by molar-refractivity contribution is 9.10. The van der Waals surface area contributed by atoms with E-state index in [0.29, 0.717) is 4.47 Å². The highest BCUT2D eigenvalue weighted by Crippen LogP contribution is 2.25. The molecule has 2 aromatic rings. The molecule has 2 N–H and O–H groups in total. The third-order valence-electron chi connectivity index (χ3n) is 2.27. The van der Waals surface area contributed by atoms with Gasteiger partial charge in [-0.3, -0.25) is 14.2 Å². The monoisotopic (exact) mass is 394 g/mol. The van der Waals surface area contributed by atoms with E-state index in [2.05, 4.69) is 30.7 Å². The van der Waals surface area contributed by atoms with Gasteiger partial charge in [0, 0.05) is 16.9 Å². The van der Waals surface area contributed by atoms with E-state index in [0.717, 1.165) is 17.1 Å². The first-order valence-corrected chi connectivity index (χ1v) is 8.01. The molecule has 11 heteroatoms. The smallest absolute Gasteiger partial charge is 0.325 e. The Morgan fingerprint density at radius 3 is 2.86 bits per heavy atom. The van der Waals surface area contributed by atoms with Crippen LogP contribution in [0.2, 0.25) is 5.15 Å². The molecule has 0 saturated carbocycles. The summed E-state index contributed by atoms with van der Waals surface area (Å²) in [6.45, 7) is -0.436. The molecular formula is C10H8BrClN4O4S. The molecule has 0 amide bonds. The fraction of sp³-hybridized carbons (Fsp3) is 0.100. The lowest BCUT2D eigenvalue weighted by atomic mass is 10.4. The van der Waals surface area contributed by atoms with Gasteiger partial charge in [0.2, 0.25) is 0 Å². The number of aromatic nitrogens is 3. The standard InChI is InChI=1S/C10H8BrClN4O4S/c11-6-1-8(10(12)13-2-6)15-21(19,20)7-3-14-16(4-7)5-9(17)18/h1-4,15H,5H2,(H,17,18). The van der Waals surface area contributed by atoms with Crippen molar-refractivity contribution in [1.82, 2.24) is 14.8 Å². The predicted octanol–water partition coefficient (Wildman–Crippen LogP) is 1.58. The summed E-state index contributed by atoms with van der Waals surface area (Å²) in [6.07, 6.45) is 3.57. The topological polar surface area (TPSA) is 114 Å². The molecule has 2 rings (SSSR count). The average Bonchev–Trinajstić information content (AvgIpc) is 2.82. The maximum absolute atomic E-state index is 12.2. The van der Waals surface area contributed by atoms with E-state index in [4.69, 9.17) is 16.7 Å². The maximum Gasteiger partial charge on any atom is 0.325 e. The molecule has 0 bridgehead atoms. The van der Waals surface area contributed by atoms with Gasteiger partial charge < -0.3 is 5.11 Å². The summed E-state index contributed by atoms with van der Waals surface area (Å²) in [5.41, 5.74) is 0.0945. The summed E-state index contributed by atoms with van der Waals surface area (Å²) < 4.78 is 28.1. The lowest BCUT2D eigenvalue weighted by Crippen LogP contribution is -2.13. The van der Waals surface area contributed by atoms with Crippen molar-refractivity contribution in [3.05, 3.63) is 34.3 Å². The number of pyridine rings is 1. The molecule has 0 aliphatic carbocycles. The third kappa shape index (κ3) is 3.93. The number of halogens is 2. The molecule has 2 aromatic heterocycles. The minimum atomic E-state index is -3.94. The van der Waals surface area contributed by atoms with Crippen LogP contribution in [0.5, 0.6) is 0 Å². The summed E-state index contributed by atoms with van der Waals surface area (Å²) in [4.78, 5) is 14.2. The fourth-order valence-electron chi connectivity index (χ4n) is 1.41. The number of carbonyl (C=O) groups is 1. The number of carboxylic acid groups (broad SMARTS) is 1. The predicted molar refractivity (Wildman–Crippen MR) is 77.6 cm³/mol. The summed E-state index contributed by atoms with van der Waals surface area (Å²) in [5.74, 6) is -1.13. The molecule has 0 spiro atoms. The van der Waals surface area contributed by atoms with Crippen LogP contribution in [0.15, 0.2) is 34.0 Å². The molecule has 21 heavy (non-hydrogen) atoms. The molecule has 0 aromatic carbocycles. The maximum atomic E-state index is 12.2. The number of carboxylic acids is 1. The summed E-state index contributed by atoms with van der Waals surface area (Å²) in [5, 5.41) is 12.3. The Kier molecular flexibility index (Phi) is 4.49. The molecule has 0 saturated heterocycles. The van der Waals surface area contributed by atoms with Crippen LogP contribution in [0.1, 0.15) is 0 Å².